The number of methoxy groups -OCH3 is 1. The lowest BCUT2D eigenvalue weighted by Gasteiger charge is -2.29. The summed E-state index contributed by atoms with van der Waals surface area (Å²) >= 11 is 0. The Bertz CT molecular complexity index is 499. The topological polar surface area (TPSA) is 66.8 Å². The Kier molecular flexibility index (Phi) is 6.21. The van der Waals surface area contributed by atoms with Crippen LogP contribution in [0.15, 0.2) is 24.3 Å². The van der Waals surface area contributed by atoms with Crippen molar-refractivity contribution in [3.05, 3.63) is 29.8 Å². The molecule has 0 saturated carbocycles. The van der Waals surface area contributed by atoms with Crippen molar-refractivity contribution in [3.8, 4) is 5.75 Å². The molecule has 1 aromatic rings. The maximum Gasteiger partial charge on any atom is 0.305 e. The molecule has 0 radical (unpaired) electrons. The van der Waals surface area contributed by atoms with Gasteiger partial charge in [-0.05, 0) is 38.5 Å². The highest BCUT2D eigenvalue weighted by molar-refractivity contribution is 5.84. The SMILES string of the molecule is COc1cccc(C(C)C(=O)N(CCC(=O)O)C(C)C)c1. The van der Waals surface area contributed by atoms with Crippen LogP contribution in [0.3, 0.4) is 0 Å². The van der Waals surface area contributed by atoms with E-state index < -0.39 is 5.97 Å². The first-order valence-corrected chi connectivity index (χ1v) is 7.03. The van der Waals surface area contributed by atoms with E-state index in [0.717, 1.165) is 5.56 Å². The van der Waals surface area contributed by atoms with Gasteiger partial charge < -0.3 is 14.7 Å². The number of ether oxygens (including phenoxy) is 1. The van der Waals surface area contributed by atoms with Gasteiger partial charge in [0.15, 0.2) is 0 Å². The minimum Gasteiger partial charge on any atom is -0.497 e. The number of carbonyl (C=O) groups excluding carboxylic acids is 1. The summed E-state index contributed by atoms with van der Waals surface area (Å²) in [6.07, 6.45) is -0.0469. The van der Waals surface area contributed by atoms with Crippen LogP contribution in [0, 0.1) is 0 Å². The number of carboxylic acid groups (broad SMARTS) is 1. The highest BCUT2D eigenvalue weighted by atomic mass is 16.5. The van der Waals surface area contributed by atoms with Crippen molar-refractivity contribution in [2.45, 2.75) is 39.2 Å². The molecule has 1 rings (SSSR count). The largest absolute Gasteiger partial charge is 0.497 e. The van der Waals surface area contributed by atoms with Gasteiger partial charge in [0.1, 0.15) is 5.75 Å². The number of nitrogens with zero attached hydrogens (tertiary/aromatic N) is 1. The van der Waals surface area contributed by atoms with E-state index in [4.69, 9.17) is 9.84 Å². The van der Waals surface area contributed by atoms with Crippen LogP contribution >= 0.6 is 0 Å². The molecular weight excluding hydrogens is 270 g/mol. The number of aliphatic carboxylic acids is 1. The summed E-state index contributed by atoms with van der Waals surface area (Å²) in [7, 11) is 1.58. The summed E-state index contributed by atoms with van der Waals surface area (Å²) in [5.74, 6) is -0.605. The van der Waals surface area contributed by atoms with Crippen LogP contribution in [0.1, 0.15) is 38.7 Å². The van der Waals surface area contributed by atoms with E-state index >= 15 is 0 Å². The van der Waals surface area contributed by atoms with Crippen molar-refractivity contribution in [3.63, 3.8) is 0 Å². The van der Waals surface area contributed by atoms with Gasteiger partial charge in [0, 0.05) is 12.6 Å². The number of hydrogen-bond donors (Lipinski definition) is 1. The molecule has 1 unspecified atom stereocenters. The summed E-state index contributed by atoms with van der Waals surface area (Å²) in [6.45, 7) is 5.82. The van der Waals surface area contributed by atoms with E-state index in [1.54, 1.807) is 12.0 Å². The lowest BCUT2D eigenvalue weighted by molar-refractivity contribution is -0.139. The van der Waals surface area contributed by atoms with Crippen LogP contribution in [-0.2, 0) is 9.59 Å². The van der Waals surface area contributed by atoms with Crippen molar-refractivity contribution < 1.29 is 19.4 Å². The summed E-state index contributed by atoms with van der Waals surface area (Å²) < 4.78 is 5.17. The zero-order chi connectivity index (χ0) is 16.0. The fourth-order valence-corrected chi connectivity index (χ4v) is 2.14. The second-order valence-corrected chi connectivity index (χ2v) is 5.27. The van der Waals surface area contributed by atoms with Crippen molar-refractivity contribution in [2.24, 2.45) is 0 Å². The van der Waals surface area contributed by atoms with Crippen molar-refractivity contribution >= 4 is 11.9 Å². The monoisotopic (exact) mass is 293 g/mol. The fraction of sp³-hybridized carbons (Fsp3) is 0.500. The van der Waals surface area contributed by atoms with Gasteiger partial charge in [0.05, 0.1) is 19.4 Å². The molecule has 0 heterocycles. The predicted molar refractivity (Wildman–Crippen MR) is 80.5 cm³/mol. The van der Waals surface area contributed by atoms with Gasteiger partial charge in [-0.25, -0.2) is 0 Å². The van der Waals surface area contributed by atoms with E-state index in [1.807, 2.05) is 45.0 Å². The molecule has 21 heavy (non-hydrogen) atoms. The number of amides is 1. The third-order valence-corrected chi connectivity index (χ3v) is 3.44. The van der Waals surface area contributed by atoms with Crippen molar-refractivity contribution in [1.82, 2.24) is 4.90 Å². The van der Waals surface area contributed by atoms with E-state index in [0.29, 0.717) is 5.75 Å². The minimum absolute atomic E-state index is 0.0371. The lowest BCUT2D eigenvalue weighted by Crippen LogP contribution is -2.40. The molecule has 0 fully saturated rings. The number of carboxylic acids is 1. The first kappa shape index (κ1) is 17.0. The van der Waals surface area contributed by atoms with Gasteiger partial charge in [-0.15, -0.1) is 0 Å². The third kappa shape index (κ3) is 4.77. The molecular formula is C16H23NO4. The van der Waals surface area contributed by atoms with E-state index in [-0.39, 0.29) is 30.8 Å². The quantitative estimate of drug-likeness (QED) is 0.839. The molecule has 0 aliphatic heterocycles. The molecule has 0 saturated heterocycles. The molecule has 5 nitrogen and oxygen atoms in total. The Hall–Kier alpha value is -2.04. The van der Waals surface area contributed by atoms with E-state index in [1.165, 1.54) is 0 Å². The summed E-state index contributed by atoms with van der Waals surface area (Å²) in [6, 6.07) is 7.34. The number of hydrogen-bond acceptors (Lipinski definition) is 3. The Balaban J connectivity index is 2.88. The second kappa shape index (κ2) is 7.67. The summed E-state index contributed by atoms with van der Waals surface area (Å²) in [4.78, 5) is 24.9. The molecule has 1 aromatic carbocycles. The van der Waals surface area contributed by atoms with Crippen LogP contribution in [0.5, 0.6) is 5.75 Å². The van der Waals surface area contributed by atoms with Crippen LogP contribution in [0.25, 0.3) is 0 Å². The Morgan fingerprint density at radius 2 is 1.95 bits per heavy atom. The average Bonchev–Trinajstić information content (AvgIpc) is 2.45. The average molecular weight is 293 g/mol. The second-order valence-electron chi connectivity index (χ2n) is 5.27. The highest BCUT2D eigenvalue weighted by Gasteiger charge is 2.24. The molecule has 1 N–H and O–H groups in total. The van der Waals surface area contributed by atoms with Crippen molar-refractivity contribution in [2.75, 3.05) is 13.7 Å². The zero-order valence-corrected chi connectivity index (χ0v) is 13.0. The first-order chi connectivity index (χ1) is 9.86. The molecule has 0 spiro atoms. The molecule has 0 aliphatic carbocycles. The molecule has 1 amide bonds. The van der Waals surface area contributed by atoms with Gasteiger partial charge in [-0.2, -0.15) is 0 Å². The molecule has 1 atom stereocenters. The highest BCUT2D eigenvalue weighted by Crippen LogP contribution is 2.23. The van der Waals surface area contributed by atoms with Gasteiger partial charge >= 0.3 is 5.97 Å². The first-order valence-electron chi connectivity index (χ1n) is 7.03. The molecule has 0 aliphatic rings. The lowest BCUT2D eigenvalue weighted by atomic mass is 9.98. The summed E-state index contributed by atoms with van der Waals surface area (Å²) in [5.41, 5.74) is 0.861. The molecule has 116 valence electrons. The van der Waals surface area contributed by atoms with Gasteiger partial charge in [0.25, 0.3) is 0 Å². The number of carbonyl (C=O) groups is 2. The molecule has 5 heteroatoms. The van der Waals surface area contributed by atoms with E-state index in [9.17, 15) is 9.59 Å². The van der Waals surface area contributed by atoms with Crippen molar-refractivity contribution in [1.29, 1.82) is 0 Å². The smallest absolute Gasteiger partial charge is 0.305 e. The normalized spacial score (nSPS) is 12.0. The van der Waals surface area contributed by atoms with Gasteiger partial charge in [-0.1, -0.05) is 12.1 Å². The summed E-state index contributed by atoms with van der Waals surface area (Å²) in [5, 5.41) is 8.80. The van der Waals surface area contributed by atoms with Gasteiger partial charge in [0.2, 0.25) is 5.91 Å². The third-order valence-electron chi connectivity index (χ3n) is 3.44. The maximum absolute atomic E-state index is 12.6. The van der Waals surface area contributed by atoms with Crippen LogP contribution in [0.2, 0.25) is 0 Å². The molecule has 0 bridgehead atoms. The van der Waals surface area contributed by atoms with Crippen LogP contribution in [-0.4, -0.2) is 41.6 Å². The predicted octanol–water partition coefficient (Wildman–Crippen LogP) is 2.51. The van der Waals surface area contributed by atoms with E-state index in [2.05, 4.69) is 0 Å². The fourth-order valence-electron chi connectivity index (χ4n) is 2.14. The number of benzene rings is 1. The Labute approximate surface area is 125 Å². The molecule has 0 aromatic heterocycles. The van der Waals surface area contributed by atoms with Crippen LogP contribution < -0.4 is 4.74 Å². The number of rotatable bonds is 7. The maximum atomic E-state index is 12.6. The minimum atomic E-state index is -0.900. The Morgan fingerprint density at radius 3 is 2.48 bits per heavy atom. The van der Waals surface area contributed by atoms with Crippen LogP contribution in [0.4, 0.5) is 0 Å². The van der Waals surface area contributed by atoms with Gasteiger partial charge in [-0.3, -0.25) is 9.59 Å². The zero-order valence-electron chi connectivity index (χ0n) is 13.0. The Morgan fingerprint density at radius 1 is 1.29 bits per heavy atom. The standard InChI is InChI=1S/C16H23NO4/c1-11(2)17(9-8-15(18)19)16(20)12(3)13-6-5-7-14(10-13)21-4/h5-7,10-12H,8-9H2,1-4H3,(H,18,19).